The smallest absolute Gasteiger partial charge is 0.316 e. The SMILES string of the molecule is NC(=O)Nc1ccc(-c2ccncc2)cc1Cl. The van der Waals surface area contributed by atoms with Gasteiger partial charge >= 0.3 is 6.03 Å². The molecule has 1 aromatic carbocycles. The maximum Gasteiger partial charge on any atom is 0.316 e. The molecule has 2 aromatic rings. The number of benzene rings is 1. The number of halogens is 1. The molecule has 17 heavy (non-hydrogen) atoms. The van der Waals surface area contributed by atoms with E-state index in [1.54, 1.807) is 24.5 Å². The van der Waals surface area contributed by atoms with E-state index in [0.717, 1.165) is 11.1 Å². The molecule has 4 nitrogen and oxygen atoms in total. The molecule has 0 saturated heterocycles. The highest BCUT2D eigenvalue weighted by Gasteiger charge is 2.04. The van der Waals surface area contributed by atoms with Crippen LogP contribution in [0.25, 0.3) is 11.1 Å². The lowest BCUT2D eigenvalue weighted by Gasteiger charge is -2.07. The highest BCUT2D eigenvalue weighted by atomic mass is 35.5. The molecule has 2 amide bonds. The summed E-state index contributed by atoms with van der Waals surface area (Å²) in [4.78, 5) is 14.7. The number of nitrogens with two attached hydrogens (primary N) is 1. The summed E-state index contributed by atoms with van der Waals surface area (Å²) < 4.78 is 0. The molecule has 0 aliphatic rings. The molecule has 1 aromatic heterocycles. The fourth-order valence-corrected chi connectivity index (χ4v) is 1.70. The van der Waals surface area contributed by atoms with Crippen LogP contribution >= 0.6 is 11.6 Å². The van der Waals surface area contributed by atoms with Gasteiger partial charge in [-0.2, -0.15) is 0 Å². The Morgan fingerprint density at radius 3 is 2.47 bits per heavy atom. The first-order valence-corrected chi connectivity index (χ1v) is 5.31. The normalized spacial score (nSPS) is 9.94. The highest BCUT2D eigenvalue weighted by Crippen LogP contribution is 2.28. The number of urea groups is 1. The van der Waals surface area contributed by atoms with Crippen molar-refractivity contribution in [1.29, 1.82) is 0 Å². The van der Waals surface area contributed by atoms with Crippen LogP contribution in [0.2, 0.25) is 5.02 Å². The molecule has 0 saturated carbocycles. The number of carbonyl (C=O) groups excluding carboxylic acids is 1. The molecule has 0 aliphatic carbocycles. The second-order valence-electron chi connectivity index (χ2n) is 3.42. The van der Waals surface area contributed by atoms with E-state index in [4.69, 9.17) is 17.3 Å². The molecule has 0 unspecified atom stereocenters. The first kappa shape index (κ1) is 11.4. The van der Waals surface area contributed by atoms with Crippen molar-refractivity contribution in [3.63, 3.8) is 0 Å². The predicted molar refractivity (Wildman–Crippen MR) is 67.9 cm³/mol. The number of primary amides is 1. The van der Waals surface area contributed by atoms with Crippen LogP contribution < -0.4 is 11.1 Å². The van der Waals surface area contributed by atoms with E-state index in [1.807, 2.05) is 18.2 Å². The monoisotopic (exact) mass is 247 g/mol. The van der Waals surface area contributed by atoms with Crippen LogP contribution in [0, 0.1) is 0 Å². The van der Waals surface area contributed by atoms with Crippen molar-refractivity contribution in [3.05, 3.63) is 47.7 Å². The Kier molecular flexibility index (Phi) is 3.25. The maximum absolute atomic E-state index is 10.7. The molecule has 0 radical (unpaired) electrons. The number of pyridine rings is 1. The summed E-state index contributed by atoms with van der Waals surface area (Å²) in [7, 11) is 0. The summed E-state index contributed by atoms with van der Waals surface area (Å²) >= 11 is 6.04. The van der Waals surface area contributed by atoms with Gasteiger partial charge in [-0.1, -0.05) is 17.7 Å². The summed E-state index contributed by atoms with van der Waals surface area (Å²) in [5.74, 6) is 0. The van der Waals surface area contributed by atoms with Gasteiger partial charge in [-0.05, 0) is 35.4 Å². The molecular formula is C12H10ClN3O. The van der Waals surface area contributed by atoms with E-state index < -0.39 is 6.03 Å². The quantitative estimate of drug-likeness (QED) is 0.857. The minimum atomic E-state index is -0.636. The van der Waals surface area contributed by atoms with Crippen LogP contribution in [-0.4, -0.2) is 11.0 Å². The molecule has 0 bridgehead atoms. The highest BCUT2D eigenvalue weighted by molar-refractivity contribution is 6.34. The van der Waals surface area contributed by atoms with Crippen molar-refractivity contribution in [2.75, 3.05) is 5.32 Å². The van der Waals surface area contributed by atoms with Gasteiger partial charge in [0.25, 0.3) is 0 Å². The number of hydrogen-bond donors (Lipinski definition) is 2. The molecular weight excluding hydrogens is 238 g/mol. The number of nitrogens with one attached hydrogen (secondary N) is 1. The summed E-state index contributed by atoms with van der Waals surface area (Å²) in [6.45, 7) is 0. The maximum atomic E-state index is 10.7. The van der Waals surface area contributed by atoms with Crippen molar-refractivity contribution in [2.45, 2.75) is 0 Å². The third-order valence-electron chi connectivity index (χ3n) is 2.24. The summed E-state index contributed by atoms with van der Waals surface area (Å²) in [6.07, 6.45) is 3.41. The van der Waals surface area contributed by atoms with Crippen LogP contribution in [-0.2, 0) is 0 Å². The van der Waals surface area contributed by atoms with Crippen LogP contribution in [0.5, 0.6) is 0 Å². The minimum absolute atomic E-state index is 0.443. The zero-order valence-electron chi connectivity index (χ0n) is 8.85. The van der Waals surface area contributed by atoms with Crippen LogP contribution in [0.1, 0.15) is 0 Å². The molecule has 0 atom stereocenters. The Labute approximate surface area is 103 Å². The number of nitrogens with zero attached hydrogens (tertiary/aromatic N) is 1. The molecule has 1 heterocycles. The molecule has 86 valence electrons. The van der Waals surface area contributed by atoms with Gasteiger partial charge in [0, 0.05) is 12.4 Å². The van der Waals surface area contributed by atoms with Crippen molar-refractivity contribution in [3.8, 4) is 11.1 Å². The molecule has 5 heteroatoms. The van der Waals surface area contributed by atoms with Crippen LogP contribution in [0.15, 0.2) is 42.7 Å². The Balaban J connectivity index is 2.34. The van der Waals surface area contributed by atoms with Crippen LogP contribution in [0.3, 0.4) is 0 Å². The summed E-state index contributed by atoms with van der Waals surface area (Å²) in [6, 6.07) is 8.46. The molecule has 2 rings (SSSR count). The number of carbonyl (C=O) groups is 1. The lowest BCUT2D eigenvalue weighted by atomic mass is 10.1. The first-order valence-electron chi connectivity index (χ1n) is 4.93. The largest absolute Gasteiger partial charge is 0.351 e. The summed E-state index contributed by atoms with van der Waals surface area (Å²) in [5, 5.41) is 2.89. The topological polar surface area (TPSA) is 68.0 Å². The number of rotatable bonds is 2. The third kappa shape index (κ3) is 2.73. The molecule has 0 aliphatic heterocycles. The molecule has 0 fully saturated rings. The van der Waals surface area contributed by atoms with Gasteiger partial charge in [-0.3, -0.25) is 4.98 Å². The van der Waals surface area contributed by atoms with Gasteiger partial charge in [0.15, 0.2) is 0 Å². The average Bonchev–Trinajstić information content (AvgIpc) is 2.32. The number of aromatic nitrogens is 1. The number of anilines is 1. The Hall–Kier alpha value is -2.07. The lowest BCUT2D eigenvalue weighted by Crippen LogP contribution is -2.19. The average molecular weight is 248 g/mol. The van der Waals surface area contributed by atoms with Crippen molar-refractivity contribution >= 4 is 23.3 Å². The standard InChI is InChI=1S/C12H10ClN3O/c13-10-7-9(8-3-5-15-6-4-8)1-2-11(10)16-12(14)17/h1-7H,(H3,14,16,17). The number of amides is 2. The van der Waals surface area contributed by atoms with Gasteiger partial charge in [0.1, 0.15) is 0 Å². The van der Waals surface area contributed by atoms with E-state index in [1.165, 1.54) is 0 Å². The third-order valence-corrected chi connectivity index (χ3v) is 2.55. The summed E-state index contributed by atoms with van der Waals surface area (Å²) in [5.41, 5.74) is 7.48. The van der Waals surface area contributed by atoms with Gasteiger partial charge in [0.05, 0.1) is 10.7 Å². The van der Waals surface area contributed by atoms with Gasteiger partial charge in [0.2, 0.25) is 0 Å². The van der Waals surface area contributed by atoms with Gasteiger partial charge in [-0.15, -0.1) is 0 Å². The van der Waals surface area contributed by atoms with Crippen LogP contribution in [0.4, 0.5) is 10.5 Å². The lowest BCUT2D eigenvalue weighted by molar-refractivity contribution is 0.259. The van der Waals surface area contributed by atoms with E-state index in [2.05, 4.69) is 10.3 Å². The minimum Gasteiger partial charge on any atom is -0.351 e. The zero-order valence-corrected chi connectivity index (χ0v) is 9.61. The van der Waals surface area contributed by atoms with Gasteiger partial charge in [-0.25, -0.2) is 4.79 Å². The fourth-order valence-electron chi connectivity index (χ4n) is 1.47. The zero-order chi connectivity index (χ0) is 12.3. The molecule has 0 spiro atoms. The fraction of sp³-hybridized carbons (Fsp3) is 0. The van der Waals surface area contributed by atoms with Crippen molar-refractivity contribution in [2.24, 2.45) is 5.73 Å². The second kappa shape index (κ2) is 4.84. The Bertz CT molecular complexity index is 543. The van der Waals surface area contributed by atoms with Crippen molar-refractivity contribution < 1.29 is 4.79 Å². The first-order chi connectivity index (χ1) is 8.16. The molecule has 3 N–H and O–H groups in total. The second-order valence-corrected chi connectivity index (χ2v) is 3.83. The predicted octanol–water partition coefficient (Wildman–Crippen LogP) is 2.89. The van der Waals surface area contributed by atoms with E-state index in [-0.39, 0.29) is 0 Å². The van der Waals surface area contributed by atoms with Crippen molar-refractivity contribution in [1.82, 2.24) is 4.98 Å². The van der Waals surface area contributed by atoms with E-state index >= 15 is 0 Å². The Morgan fingerprint density at radius 1 is 1.18 bits per heavy atom. The van der Waals surface area contributed by atoms with Gasteiger partial charge < -0.3 is 11.1 Å². The van der Waals surface area contributed by atoms with E-state index in [0.29, 0.717) is 10.7 Å². The number of hydrogen-bond acceptors (Lipinski definition) is 2. The van der Waals surface area contributed by atoms with E-state index in [9.17, 15) is 4.79 Å². The Morgan fingerprint density at radius 2 is 1.88 bits per heavy atom.